The summed E-state index contributed by atoms with van der Waals surface area (Å²) in [5, 5.41) is 3.22. The van der Waals surface area contributed by atoms with E-state index in [1.165, 1.54) is 5.56 Å². The van der Waals surface area contributed by atoms with Gasteiger partial charge in [-0.25, -0.2) is 9.78 Å². The predicted molar refractivity (Wildman–Crippen MR) is 125 cm³/mol. The first kappa shape index (κ1) is 21.3. The van der Waals surface area contributed by atoms with E-state index < -0.39 is 5.63 Å². The molecule has 1 heterocycles. The van der Waals surface area contributed by atoms with Crippen LogP contribution in [0, 0.1) is 0 Å². The summed E-state index contributed by atoms with van der Waals surface area (Å²) in [5.74, 6) is 0.527. The Morgan fingerprint density at radius 3 is 2.50 bits per heavy atom. The number of aromatic nitrogens is 1. The van der Waals surface area contributed by atoms with Gasteiger partial charge in [0.25, 0.3) is 5.91 Å². The zero-order valence-corrected chi connectivity index (χ0v) is 18.2. The summed E-state index contributed by atoms with van der Waals surface area (Å²) in [6, 6.07) is 21.7. The van der Waals surface area contributed by atoms with Crippen LogP contribution in [-0.4, -0.2) is 17.5 Å². The monoisotopic (exact) mass is 428 g/mol. The van der Waals surface area contributed by atoms with E-state index in [2.05, 4.69) is 31.1 Å². The molecule has 0 radical (unpaired) electrons. The van der Waals surface area contributed by atoms with Crippen LogP contribution in [0.4, 0.5) is 5.69 Å². The highest BCUT2D eigenvalue weighted by atomic mass is 16.5. The summed E-state index contributed by atoms with van der Waals surface area (Å²) in [6.45, 7) is 6.30. The first-order valence-electron chi connectivity index (χ1n) is 10.3. The van der Waals surface area contributed by atoms with Gasteiger partial charge in [-0.3, -0.25) is 4.79 Å². The van der Waals surface area contributed by atoms with E-state index in [-0.39, 0.29) is 23.8 Å². The number of carbonyl (C=O) groups is 1. The van der Waals surface area contributed by atoms with Crippen molar-refractivity contribution in [3.8, 4) is 17.2 Å². The topological polar surface area (TPSA) is 81.4 Å². The van der Waals surface area contributed by atoms with E-state index in [1.54, 1.807) is 42.5 Å². The molecule has 0 fully saturated rings. The maximum atomic E-state index is 12.4. The molecule has 6 nitrogen and oxygen atoms in total. The minimum absolute atomic E-state index is 0.0555. The lowest BCUT2D eigenvalue weighted by molar-refractivity contribution is -0.118. The number of hydrogen-bond acceptors (Lipinski definition) is 5. The molecule has 3 aromatic carbocycles. The Morgan fingerprint density at radius 2 is 1.75 bits per heavy atom. The molecule has 4 aromatic rings. The first-order valence-corrected chi connectivity index (χ1v) is 10.3. The summed E-state index contributed by atoms with van der Waals surface area (Å²) in [7, 11) is 0. The fraction of sp³-hybridized carbons (Fsp3) is 0.192. The van der Waals surface area contributed by atoms with E-state index in [9.17, 15) is 9.59 Å². The molecule has 0 aliphatic carbocycles. The van der Waals surface area contributed by atoms with Crippen molar-refractivity contribution in [3.63, 3.8) is 0 Å². The molecule has 0 atom stereocenters. The summed E-state index contributed by atoms with van der Waals surface area (Å²) < 4.78 is 11.0. The van der Waals surface area contributed by atoms with Crippen LogP contribution in [-0.2, 0) is 10.2 Å². The predicted octanol–water partition coefficient (Wildman–Crippen LogP) is 5.17. The highest BCUT2D eigenvalue weighted by Gasteiger charge is 2.14. The third-order valence-corrected chi connectivity index (χ3v) is 5.02. The second kappa shape index (κ2) is 8.67. The lowest BCUT2D eigenvalue weighted by Gasteiger charge is -2.19. The second-order valence-electron chi connectivity index (χ2n) is 8.52. The standard InChI is InChI=1S/C26H24N2O4/c1-26(2,3)18-11-13-20(14-12-18)31-16-23(29)27-19-8-6-7-17(15-19)24-28-22-10-5-4-9-21(22)25(30)32-24/h4-15H,16H2,1-3H3,(H,27,29). The first-order chi connectivity index (χ1) is 15.3. The molecular formula is C26H24N2O4. The van der Waals surface area contributed by atoms with Crippen LogP contribution >= 0.6 is 0 Å². The van der Waals surface area contributed by atoms with E-state index in [0.717, 1.165) is 0 Å². The molecule has 1 amide bonds. The summed E-state index contributed by atoms with van der Waals surface area (Å²) in [4.78, 5) is 29.0. The summed E-state index contributed by atoms with van der Waals surface area (Å²) >= 11 is 0. The van der Waals surface area contributed by atoms with Gasteiger partial charge in [-0.05, 0) is 53.4 Å². The average Bonchev–Trinajstić information content (AvgIpc) is 2.77. The van der Waals surface area contributed by atoms with Gasteiger partial charge < -0.3 is 14.5 Å². The van der Waals surface area contributed by atoms with Crippen molar-refractivity contribution < 1.29 is 13.9 Å². The number of nitrogens with one attached hydrogen (secondary N) is 1. The zero-order chi connectivity index (χ0) is 22.7. The van der Waals surface area contributed by atoms with Crippen molar-refractivity contribution in [2.45, 2.75) is 26.2 Å². The highest BCUT2D eigenvalue weighted by Crippen LogP contribution is 2.25. The average molecular weight is 428 g/mol. The Bertz CT molecular complexity index is 1320. The lowest BCUT2D eigenvalue weighted by atomic mass is 9.87. The maximum Gasteiger partial charge on any atom is 0.347 e. The number of anilines is 1. The van der Waals surface area contributed by atoms with Crippen molar-refractivity contribution in [3.05, 3.63) is 88.8 Å². The van der Waals surface area contributed by atoms with Crippen molar-refractivity contribution in [1.82, 2.24) is 4.98 Å². The van der Waals surface area contributed by atoms with Crippen molar-refractivity contribution in [1.29, 1.82) is 0 Å². The van der Waals surface area contributed by atoms with Gasteiger partial charge >= 0.3 is 5.63 Å². The van der Waals surface area contributed by atoms with Gasteiger partial charge in [0.15, 0.2) is 6.61 Å². The van der Waals surface area contributed by atoms with Gasteiger partial charge in [0.1, 0.15) is 5.75 Å². The van der Waals surface area contributed by atoms with Gasteiger partial charge in [-0.2, -0.15) is 0 Å². The van der Waals surface area contributed by atoms with Gasteiger partial charge in [0.05, 0.1) is 10.9 Å². The minimum Gasteiger partial charge on any atom is -0.484 e. The van der Waals surface area contributed by atoms with Crippen molar-refractivity contribution >= 4 is 22.5 Å². The third kappa shape index (κ3) is 4.86. The molecular weight excluding hydrogens is 404 g/mol. The molecule has 0 spiro atoms. The van der Waals surface area contributed by atoms with Crippen LogP contribution < -0.4 is 15.7 Å². The van der Waals surface area contributed by atoms with Gasteiger partial charge in [-0.1, -0.05) is 51.1 Å². The Morgan fingerprint density at radius 1 is 1.00 bits per heavy atom. The Labute approximate surface area is 185 Å². The highest BCUT2D eigenvalue weighted by molar-refractivity contribution is 5.92. The number of rotatable bonds is 5. The number of fused-ring (bicyclic) bond motifs is 1. The molecule has 6 heteroatoms. The second-order valence-corrected chi connectivity index (χ2v) is 8.52. The largest absolute Gasteiger partial charge is 0.484 e. The number of para-hydroxylation sites is 1. The Balaban J connectivity index is 1.44. The molecule has 4 rings (SSSR count). The number of benzene rings is 3. The zero-order valence-electron chi connectivity index (χ0n) is 18.2. The maximum absolute atomic E-state index is 12.4. The molecule has 0 saturated carbocycles. The third-order valence-electron chi connectivity index (χ3n) is 5.02. The van der Waals surface area contributed by atoms with Gasteiger partial charge in [-0.15, -0.1) is 0 Å². The minimum atomic E-state index is -0.453. The molecule has 0 aliphatic rings. The number of carbonyl (C=O) groups excluding carboxylic acids is 1. The Hall–Kier alpha value is -3.93. The fourth-order valence-corrected chi connectivity index (χ4v) is 3.27. The van der Waals surface area contributed by atoms with Crippen LogP contribution in [0.25, 0.3) is 22.4 Å². The van der Waals surface area contributed by atoms with E-state index in [1.807, 2.05) is 30.3 Å². The van der Waals surface area contributed by atoms with E-state index in [0.29, 0.717) is 27.9 Å². The van der Waals surface area contributed by atoms with Crippen LogP contribution in [0.15, 0.2) is 82.0 Å². The molecule has 162 valence electrons. The molecule has 1 aromatic heterocycles. The van der Waals surface area contributed by atoms with E-state index in [4.69, 9.17) is 9.15 Å². The summed E-state index contributed by atoms with van der Waals surface area (Å²) in [6.07, 6.45) is 0. The molecule has 0 bridgehead atoms. The molecule has 0 saturated heterocycles. The number of ether oxygens (including phenoxy) is 1. The fourth-order valence-electron chi connectivity index (χ4n) is 3.27. The lowest BCUT2D eigenvalue weighted by Crippen LogP contribution is -2.20. The quantitative estimate of drug-likeness (QED) is 0.474. The molecule has 32 heavy (non-hydrogen) atoms. The Kier molecular flexibility index (Phi) is 5.77. The summed E-state index contributed by atoms with van der Waals surface area (Å²) in [5.41, 5.74) is 2.49. The SMILES string of the molecule is CC(C)(C)c1ccc(OCC(=O)Nc2cccc(-c3nc4ccccc4c(=O)o3)c2)cc1. The van der Waals surface area contributed by atoms with Crippen molar-refractivity contribution in [2.24, 2.45) is 0 Å². The van der Waals surface area contributed by atoms with Crippen LogP contribution in [0.1, 0.15) is 26.3 Å². The van der Waals surface area contributed by atoms with Gasteiger partial charge in [0.2, 0.25) is 5.89 Å². The number of hydrogen-bond donors (Lipinski definition) is 1. The van der Waals surface area contributed by atoms with Crippen LogP contribution in [0.5, 0.6) is 5.75 Å². The number of nitrogens with zero attached hydrogens (tertiary/aromatic N) is 1. The normalized spacial score (nSPS) is 11.3. The van der Waals surface area contributed by atoms with Crippen LogP contribution in [0.3, 0.4) is 0 Å². The van der Waals surface area contributed by atoms with Gasteiger partial charge in [0, 0.05) is 11.3 Å². The number of amides is 1. The molecule has 0 aliphatic heterocycles. The van der Waals surface area contributed by atoms with Crippen molar-refractivity contribution in [2.75, 3.05) is 11.9 Å². The molecule has 1 N–H and O–H groups in total. The van der Waals surface area contributed by atoms with Crippen LogP contribution in [0.2, 0.25) is 0 Å². The molecule has 0 unspecified atom stereocenters. The van der Waals surface area contributed by atoms with E-state index >= 15 is 0 Å². The smallest absolute Gasteiger partial charge is 0.347 e.